The average molecular weight is 278 g/mol. The molecule has 1 aromatic rings. The van der Waals surface area contributed by atoms with Gasteiger partial charge in [-0.05, 0) is 28.1 Å². The van der Waals surface area contributed by atoms with Crippen molar-refractivity contribution >= 4 is 27.6 Å². The van der Waals surface area contributed by atoms with E-state index in [-0.39, 0.29) is 13.0 Å². The van der Waals surface area contributed by atoms with Crippen LogP contribution in [0, 0.1) is 0 Å². The molecule has 0 unspecified atom stereocenters. The van der Waals surface area contributed by atoms with E-state index in [1.54, 1.807) is 17.0 Å². The van der Waals surface area contributed by atoms with Crippen LogP contribution in [-0.4, -0.2) is 24.0 Å². The number of rotatable bonds is 1. The molecule has 0 amide bonds. The van der Waals surface area contributed by atoms with Crippen LogP contribution in [0.15, 0.2) is 16.6 Å². The molecule has 0 atom stereocenters. The second kappa shape index (κ2) is 3.59. The maximum absolute atomic E-state index is 13.0. The van der Waals surface area contributed by atoms with Crippen LogP contribution in [0.25, 0.3) is 0 Å². The second-order valence-corrected chi connectivity index (χ2v) is 4.42. The molecular weight excluding hydrogens is 268 g/mol. The zero-order valence-electron chi connectivity index (χ0n) is 7.88. The van der Waals surface area contributed by atoms with Gasteiger partial charge in [0, 0.05) is 13.0 Å². The highest BCUT2D eigenvalue weighted by atomic mass is 79.9. The molecule has 0 aromatic carbocycles. The van der Waals surface area contributed by atoms with E-state index in [1.165, 1.54) is 0 Å². The summed E-state index contributed by atoms with van der Waals surface area (Å²) in [5, 5.41) is 0. The number of hydrogen-bond acceptors (Lipinski definition) is 3. The van der Waals surface area contributed by atoms with Gasteiger partial charge in [-0.1, -0.05) is 0 Å². The van der Waals surface area contributed by atoms with Crippen LogP contribution in [0.5, 0.6) is 0 Å². The molecule has 15 heavy (non-hydrogen) atoms. The fourth-order valence-electron chi connectivity index (χ4n) is 1.58. The van der Waals surface area contributed by atoms with Crippen molar-refractivity contribution in [1.29, 1.82) is 0 Å². The molecular formula is C9H10BrF2N3. The first-order valence-electron chi connectivity index (χ1n) is 4.53. The van der Waals surface area contributed by atoms with E-state index in [9.17, 15) is 8.78 Å². The van der Waals surface area contributed by atoms with Crippen molar-refractivity contribution in [3.8, 4) is 0 Å². The Kier molecular flexibility index (Phi) is 2.54. The lowest BCUT2D eigenvalue weighted by molar-refractivity contribution is 0.0256. The monoisotopic (exact) mass is 277 g/mol. The second-order valence-electron chi connectivity index (χ2n) is 3.57. The average Bonchev–Trinajstić information content (AvgIpc) is 2.50. The molecule has 1 saturated heterocycles. The molecule has 0 spiro atoms. The van der Waals surface area contributed by atoms with Crippen LogP contribution in [0.2, 0.25) is 0 Å². The Hall–Kier alpha value is -0.910. The maximum atomic E-state index is 13.0. The zero-order valence-corrected chi connectivity index (χ0v) is 9.47. The summed E-state index contributed by atoms with van der Waals surface area (Å²) in [6.07, 6.45) is -0.129. The topological polar surface area (TPSA) is 42.1 Å². The van der Waals surface area contributed by atoms with Crippen molar-refractivity contribution in [2.75, 3.05) is 23.7 Å². The van der Waals surface area contributed by atoms with E-state index in [4.69, 9.17) is 5.73 Å². The van der Waals surface area contributed by atoms with Gasteiger partial charge in [-0.25, -0.2) is 13.8 Å². The molecule has 0 bridgehead atoms. The normalized spacial score (nSPS) is 19.5. The van der Waals surface area contributed by atoms with Gasteiger partial charge in [-0.15, -0.1) is 0 Å². The maximum Gasteiger partial charge on any atom is 0.266 e. The van der Waals surface area contributed by atoms with Crippen molar-refractivity contribution in [2.24, 2.45) is 0 Å². The summed E-state index contributed by atoms with van der Waals surface area (Å²) >= 11 is 3.27. The lowest BCUT2D eigenvalue weighted by atomic mass is 10.3. The molecule has 0 aliphatic carbocycles. The lowest BCUT2D eigenvalue weighted by Crippen LogP contribution is -2.26. The van der Waals surface area contributed by atoms with Crippen molar-refractivity contribution in [3.05, 3.63) is 16.6 Å². The first-order valence-corrected chi connectivity index (χ1v) is 5.32. The summed E-state index contributed by atoms with van der Waals surface area (Å²) < 4.78 is 26.7. The molecule has 1 aliphatic rings. The minimum atomic E-state index is -2.62. The van der Waals surface area contributed by atoms with Gasteiger partial charge in [0.15, 0.2) is 0 Å². The smallest absolute Gasteiger partial charge is 0.266 e. The zero-order chi connectivity index (χ0) is 11.1. The SMILES string of the molecule is Nc1ccc(Br)c(N2CCC(F)(F)C2)n1. The molecule has 6 heteroatoms. The number of halogens is 3. The van der Waals surface area contributed by atoms with Gasteiger partial charge in [0.2, 0.25) is 0 Å². The number of nitrogens with two attached hydrogens (primary N) is 1. The molecule has 0 saturated carbocycles. The van der Waals surface area contributed by atoms with Crippen molar-refractivity contribution in [3.63, 3.8) is 0 Å². The van der Waals surface area contributed by atoms with E-state index in [0.29, 0.717) is 22.7 Å². The molecule has 2 N–H and O–H groups in total. The van der Waals surface area contributed by atoms with E-state index in [0.717, 1.165) is 0 Å². The quantitative estimate of drug-likeness (QED) is 0.856. The highest BCUT2D eigenvalue weighted by molar-refractivity contribution is 9.10. The Morgan fingerprint density at radius 3 is 2.80 bits per heavy atom. The van der Waals surface area contributed by atoms with Gasteiger partial charge >= 0.3 is 0 Å². The third kappa shape index (κ3) is 2.19. The highest BCUT2D eigenvalue weighted by Gasteiger charge is 2.39. The molecule has 1 aromatic heterocycles. The van der Waals surface area contributed by atoms with Crippen LogP contribution >= 0.6 is 15.9 Å². The summed E-state index contributed by atoms with van der Waals surface area (Å²) in [4.78, 5) is 5.59. The summed E-state index contributed by atoms with van der Waals surface area (Å²) in [5.41, 5.74) is 5.52. The lowest BCUT2D eigenvalue weighted by Gasteiger charge is -2.18. The summed E-state index contributed by atoms with van der Waals surface area (Å²) in [7, 11) is 0. The molecule has 3 nitrogen and oxygen atoms in total. The van der Waals surface area contributed by atoms with Gasteiger partial charge in [-0.2, -0.15) is 0 Å². The first-order chi connectivity index (χ1) is 6.98. The minimum absolute atomic E-state index is 0.129. The number of aromatic nitrogens is 1. The van der Waals surface area contributed by atoms with E-state index in [2.05, 4.69) is 20.9 Å². The number of pyridine rings is 1. The Morgan fingerprint density at radius 2 is 2.20 bits per heavy atom. The third-order valence-electron chi connectivity index (χ3n) is 2.32. The van der Waals surface area contributed by atoms with Crippen LogP contribution in [-0.2, 0) is 0 Å². The summed E-state index contributed by atoms with van der Waals surface area (Å²) in [6, 6.07) is 3.34. The largest absolute Gasteiger partial charge is 0.384 e. The Bertz CT molecular complexity index is 384. The predicted octanol–water partition coefficient (Wildman–Crippen LogP) is 2.27. The predicted molar refractivity (Wildman–Crippen MR) is 58.1 cm³/mol. The van der Waals surface area contributed by atoms with E-state index < -0.39 is 5.92 Å². The minimum Gasteiger partial charge on any atom is -0.384 e. The molecule has 82 valence electrons. The van der Waals surface area contributed by atoms with Gasteiger partial charge in [-0.3, -0.25) is 0 Å². The number of hydrogen-bond donors (Lipinski definition) is 1. The molecule has 1 aliphatic heterocycles. The van der Waals surface area contributed by atoms with Crippen molar-refractivity contribution < 1.29 is 8.78 Å². The van der Waals surface area contributed by atoms with Gasteiger partial charge in [0.05, 0.1) is 11.0 Å². The standard InChI is InChI=1S/C9H10BrF2N3/c10-6-1-2-7(13)14-8(6)15-4-3-9(11,12)5-15/h1-2H,3-5H2,(H2,13,14). The Morgan fingerprint density at radius 1 is 1.47 bits per heavy atom. The van der Waals surface area contributed by atoms with Crippen LogP contribution in [0.3, 0.4) is 0 Å². The summed E-state index contributed by atoms with van der Waals surface area (Å²) in [6.45, 7) is 0.0180. The van der Waals surface area contributed by atoms with E-state index in [1.807, 2.05) is 0 Å². The van der Waals surface area contributed by atoms with Crippen LogP contribution in [0.1, 0.15) is 6.42 Å². The molecule has 0 radical (unpaired) electrons. The van der Waals surface area contributed by atoms with Crippen molar-refractivity contribution in [1.82, 2.24) is 4.98 Å². The van der Waals surface area contributed by atoms with Gasteiger partial charge < -0.3 is 10.6 Å². The number of alkyl halides is 2. The fraction of sp³-hybridized carbons (Fsp3) is 0.444. The molecule has 2 heterocycles. The van der Waals surface area contributed by atoms with Crippen LogP contribution in [0.4, 0.5) is 20.4 Å². The number of nitrogen functional groups attached to an aromatic ring is 1. The molecule has 2 rings (SSSR count). The van der Waals surface area contributed by atoms with Crippen LogP contribution < -0.4 is 10.6 Å². The number of nitrogens with zero attached hydrogens (tertiary/aromatic N) is 2. The van der Waals surface area contributed by atoms with Gasteiger partial charge in [0.1, 0.15) is 11.6 Å². The van der Waals surface area contributed by atoms with Crippen molar-refractivity contribution in [2.45, 2.75) is 12.3 Å². The Labute approximate surface area is 94.4 Å². The number of anilines is 2. The fourth-order valence-corrected chi connectivity index (χ4v) is 2.06. The first kappa shape index (κ1) is 10.6. The Balaban J connectivity index is 2.27. The third-order valence-corrected chi connectivity index (χ3v) is 2.94. The highest BCUT2D eigenvalue weighted by Crippen LogP contribution is 2.33. The molecule has 1 fully saturated rings. The van der Waals surface area contributed by atoms with Gasteiger partial charge in [0.25, 0.3) is 5.92 Å². The van der Waals surface area contributed by atoms with E-state index >= 15 is 0 Å². The summed E-state index contributed by atoms with van der Waals surface area (Å²) in [5.74, 6) is -1.79.